The molecule has 0 bridgehead atoms. The van der Waals surface area contributed by atoms with Crippen molar-refractivity contribution < 1.29 is 9.84 Å². The molecule has 1 aliphatic heterocycles. The molecule has 0 radical (unpaired) electrons. The van der Waals surface area contributed by atoms with Crippen LogP contribution in [0.2, 0.25) is 0 Å². The number of pyridine rings is 1. The molecule has 20 heavy (non-hydrogen) atoms. The van der Waals surface area contributed by atoms with Gasteiger partial charge >= 0.3 is 0 Å². The first-order chi connectivity index (χ1) is 9.78. The van der Waals surface area contributed by atoms with Crippen molar-refractivity contribution in [2.75, 3.05) is 24.6 Å². The van der Waals surface area contributed by atoms with Crippen LogP contribution in [-0.2, 0) is 11.3 Å². The molecule has 2 heterocycles. The third-order valence-electron chi connectivity index (χ3n) is 3.73. The second-order valence-corrected chi connectivity index (χ2v) is 5.30. The van der Waals surface area contributed by atoms with Crippen molar-refractivity contribution in [3.63, 3.8) is 0 Å². The molecule has 106 valence electrons. The van der Waals surface area contributed by atoms with Gasteiger partial charge < -0.3 is 14.7 Å². The van der Waals surface area contributed by atoms with Crippen molar-refractivity contribution in [3.05, 3.63) is 35.9 Å². The van der Waals surface area contributed by atoms with Gasteiger partial charge in [-0.25, -0.2) is 4.98 Å². The summed E-state index contributed by atoms with van der Waals surface area (Å²) in [7, 11) is 0. The van der Waals surface area contributed by atoms with E-state index < -0.39 is 0 Å². The highest BCUT2D eigenvalue weighted by Crippen LogP contribution is 2.24. The van der Waals surface area contributed by atoms with E-state index in [0.29, 0.717) is 0 Å². The van der Waals surface area contributed by atoms with Crippen molar-refractivity contribution >= 4 is 16.7 Å². The van der Waals surface area contributed by atoms with Gasteiger partial charge in [-0.15, -0.1) is 0 Å². The number of aliphatic hydroxyl groups excluding tert-OH is 1. The molecule has 1 fully saturated rings. The van der Waals surface area contributed by atoms with Gasteiger partial charge in [0.2, 0.25) is 0 Å². The van der Waals surface area contributed by atoms with E-state index in [9.17, 15) is 5.11 Å². The Labute approximate surface area is 119 Å². The third-order valence-corrected chi connectivity index (χ3v) is 3.73. The number of anilines is 1. The number of rotatable bonds is 2. The molecule has 0 saturated carbocycles. The van der Waals surface area contributed by atoms with Gasteiger partial charge in [-0.3, -0.25) is 0 Å². The van der Waals surface area contributed by atoms with Crippen LogP contribution < -0.4 is 4.90 Å². The molecular weight excluding hydrogens is 252 g/mol. The average molecular weight is 272 g/mol. The van der Waals surface area contributed by atoms with Crippen molar-refractivity contribution in [3.8, 4) is 0 Å². The van der Waals surface area contributed by atoms with Gasteiger partial charge in [0.05, 0.1) is 18.2 Å². The Hall–Kier alpha value is -1.65. The van der Waals surface area contributed by atoms with E-state index in [1.165, 1.54) is 0 Å². The lowest BCUT2D eigenvalue weighted by molar-refractivity contribution is 0.0820. The summed E-state index contributed by atoms with van der Waals surface area (Å²) < 4.78 is 5.68. The summed E-state index contributed by atoms with van der Waals surface area (Å²) in [5.41, 5.74) is 1.87. The lowest BCUT2D eigenvalue weighted by Gasteiger charge is -2.24. The summed E-state index contributed by atoms with van der Waals surface area (Å²) in [6, 6.07) is 9.96. The van der Waals surface area contributed by atoms with E-state index in [0.717, 1.165) is 48.4 Å². The number of aliphatic hydroxyl groups is 1. The standard InChI is InChI=1S/C16H20N2O2/c1-12-10-18(7-4-8-20-12)16-9-13(11-19)14-5-2-3-6-15(14)17-16/h2-3,5-6,9,12,19H,4,7-8,10-11H2,1H3. The maximum atomic E-state index is 9.59. The molecule has 1 aromatic carbocycles. The highest BCUT2D eigenvalue weighted by Gasteiger charge is 2.17. The Balaban J connectivity index is 2.02. The van der Waals surface area contributed by atoms with Crippen LogP contribution in [0.5, 0.6) is 0 Å². The molecule has 1 aliphatic rings. The normalized spacial score (nSPS) is 20.1. The zero-order valence-electron chi connectivity index (χ0n) is 11.7. The number of fused-ring (bicyclic) bond motifs is 1. The second kappa shape index (κ2) is 5.77. The van der Waals surface area contributed by atoms with E-state index in [4.69, 9.17) is 9.72 Å². The van der Waals surface area contributed by atoms with Crippen LogP contribution in [-0.4, -0.2) is 35.9 Å². The summed E-state index contributed by atoms with van der Waals surface area (Å²) in [6.07, 6.45) is 1.22. The maximum Gasteiger partial charge on any atom is 0.129 e. The summed E-state index contributed by atoms with van der Waals surface area (Å²) in [6.45, 7) is 4.72. The number of aromatic nitrogens is 1. The van der Waals surface area contributed by atoms with Gasteiger partial charge in [0.25, 0.3) is 0 Å². The summed E-state index contributed by atoms with van der Waals surface area (Å²) >= 11 is 0. The Morgan fingerprint density at radius 1 is 1.40 bits per heavy atom. The van der Waals surface area contributed by atoms with Crippen LogP contribution in [0.3, 0.4) is 0 Å². The highest BCUT2D eigenvalue weighted by molar-refractivity contribution is 5.84. The van der Waals surface area contributed by atoms with Crippen LogP contribution in [0.1, 0.15) is 18.9 Å². The molecule has 0 spiro atoms. The monoisotopic (exact) mass is 272 g/mol. The molecule has 4 nitrogen and oxygen atoms in total. The molecule has 3 rings (SSSR count). The Morgan fingerprint density at radius 2 is 2.25 bits per heavy atom. The summed E-state index contributed by atoms with van der Waals surface area (Å²) in [4.78, 5) is 7.00. The smallest absolute Gasteiger partial charge is 0.129 e. The van der Waals surface area contributed by atoms with Crippen molar-refractivity contribution in [1.82, 2.24) is 4.98 Å². The van der Waals surface area contributed by atoms with Crippen LogP contribution in [0.25, 0.3) is 10.9 Å². The fourth-order valence-electron chi connectivity index (χ4n) is 2.73. The Morgan fingerprint density at radius 3 is 3.10 bits per heavy atom. The molecule has 4 heteroatoms. The first kappa shape index (κ1) is 13.3. The quantitative estimate of drug-likeness (QED) is 0.911. The number of nitrogens with zero attached hydrogens (tertiary/aromatic N) is 2. The van der Waals surface area contributed by atoms with Gasteiger partial charge in [-0.2, -0.15) is 0 Å². The third kappa shape index (κ3) is 2.62. The molecule has 0 aliphatic carbocycles. The van der Waals surface area contributed by atoms with Crippen molar-refractivity contribution in [1.29, 1.82) is 0 Å². The first-order valence-corrected chi connectivity index (χ1v) is 7.14. The minimum atomic E-state index is 0.0376. The number of benzene rings is 1. The lowest BCUT2D eigenvalue weighted by Crippen LogP contribution is -2.30. The van der Waals surface area contributed by atoms with Crippen LogP contribution in [0.15, 0.2) is 30.3 Å². The van der Waals surface area contributed by atoms with Crippen LogP contribution >= 0.6 is 0 Å². The first-order valence-electron chi connectivity index (χ1n) is 7.14. The molecular formula is C16H20N2O2. The molecule has 1 N–H and O–H groups in total. The van der Waals surface area contributed by atoms with Gasteiger partial charge in [0.1, 0.15) is 5.82 Å². The number of hydrogen-bond donors (Lipinski definition) is 1. The van der Waals surface area contributed by atoms with E-state index in [1.807, 2.05) is 30.3 Å². The van der Waals surface area contributed by atoms with Gasteiger partial charge in [0.15, 0.2) is 0 Å². The van der Waals surface area contributed by atoms with Gasteiger partial charge in [-0.1, -0.05) is 18.2 Å². The number of ether oxygens (including phenoxy) is 1. The second-order valence-electron chi connectivity index (χ2n) is 5.30. The van der Waals surface area contributed by atoms with Gasteiger partial charge in [0, 0.05) is 25.1 Å². The molecule has 1 aromatic heterocycles. The zero-order chi connectivity index (χ0) is 13.9. The van der Waals surface area contributed by atoms with Crippen LogP contribution in [0, 0.1) is 0 Å². The van der Waals surface area contributed by atoms with E-state index in [1.54, 1.807) is 0 Å². The van der Waals surface area contributed by atoms with Crippen LogP contribution in [0.4, 0.5) is 5.82 Å². The highest BCUT2D eigenvalue weighted by atomic mass is 16.5. The molecule has 0 amide bonds. The predicted octanol–water partition coefficient (Wildman–Crippen LogP) is 2.34. The number of para-hydroxylation sites is 1. The topological polar surface area (TPSA) is 45.6 Å². The molecule has 2 aromatic rings. The average Bonchev–Trinajstić information content (AvgIpc) is 2.70. The molecule has 1 atom stereocenters. The molecule has 1 unspecified atom stereocenters. The summed E-state index contributed by atoms with van der Waals surface area (Å²) in [5, 5.41) is 10.6. The number of hydrogen-bond acceptors (Lipinski definition) is 4. The summed E-state index contributed by atoms with van der Waals surface area (Å²) in [5.74, 6) is 0.935. The predicted molar refractivity (Wildman–Crippen MR) is 79.9 cm³/mol. The Kier molecular flexibility index (Phi) is 3.85. The maximum absolute atomic E-state index is 9.59. The Bertz CT molecular complexity index is 600. The SMILES string of the molecule is CC1CN(c2cc(CO)c3ccccc3n2)CCCO1. The van der Waals surface area contributed by atoms with Crippen molar-refractivity contribution in [2.45, 2.75) is 26.1 Å². The van der Waals surface area contributed by atoms with E-state index >= 15 is 0 Å². The molecule has 1 saturated heterocycles. The fraction of sp³-hybridized carbons (Fsp3) is 0.438. The zero-order valence-corrected chi connectivity index (χ0v) is 11.7. The largest absolute Gasteiger partial charge is 0.392 e. The van der Waals surface area contributed by atoms with E-state index in [2.05, 4.69) is 11.8 Å². The van der Waals surface area contributed by atoms with Crippen molar-refractivity contribution in [2.24, 2.45) is 0 Å². The lowest BCUT2D eigenvalue weighted by atomic mass is 10.1. The fourth-order valence-corrected chi connectivity index (χ4v) is 2.73. The minimum Gasteiger partial charge on any atom is -0.392 e. The van der Waals surface area contributed by atoms with E-state index in [-0.39, 0.29) is 12.7 Å². The minimum absolute atomic E-state index is 0.0376. The van der Waals surface area contributed by atoms with Gasteiger partial charge in [-0.05, 0) is 31.0 Å².